The van der Waals surface area contributed by atoms with Crippen molar-refractivity contribution in [3.63, 3.8) is 0 Å². The highest BCUT2D eigenvalue weighted by molar-refractivity contribution is 4.67. The van der Waals surface area contributed by atoms with E-state index >= 15 is 0 Å². The van der Waals surface area contributed by atoms with Crippen molar-refractivity contribution < 1.29 is 5.11 Å². The molecule has 0 aliphatic heterocycles. The van der Waals surface area contributed by atoms with Gasteiger partial charge in [0, 0.05) is 6.04 Å². The normalized spacial score (nSPS) is 18.0. The molecule has 0 aliphatic rings. The molecule has 50 valence electrons. The summed E-state index contributed by atoms with van der Waals surface area (Å²) < 4.78 is 0. The van der Waals surface area contributed by atoms with Crippen molar-refractivity contribution in [3.8, 4) is 0 Å². The molecule has 0 saturated heterocycles. The van der Waals surface area contributed by atoms with Crippen molar-refractivity contribution in [2.45, 2.75) is 13.0 Å². The van der Waals surface area contributed by atoms with Gasteiger partial charge in [-0.2, -0.15) is 0 Å². The Morgan fingerprint density at radius 3 is 2.25 bits per heavy atom. The molecule has 0 fully saturated rings. The first kappa shape index (κ1) is 7.88. The lowest BCUT2D eigenvalue weighted by molar-refractivity contribution is 0.234. The van der Waals surface area contributed by atoms with Crippen LogP contribution in [0.15, 0.2) is 0 Å². The Bertz CT molecular complexity index is 50.4. The van der Waals surface area contributed by atoms with Gasteiger partial charge in [-0.05, 0) is 12.5 Å². The topological polar surface area (TPSA) is 72.3 Å². The highest BCUT2D eigenvalue weighted by Crippen LogP contribution is 1.94. The second-order valence-corrected chi connectivity index (χ2v) is 2.06. The molecule has 0 heterocycles. The first-order valence-electron chi connectivity index (χ1n) is 2.78. The fourth-order valence-electron chi connectivity index (χ4n) is 0.355. The highest BCUT2D eigenvalue weighted by atomic mass is 16.3. The number of aliphatic hydroxyl groups is 1. The third-order valence-electron chi connectivity index (χ3n) is 1.31. The standard InChI is InChI=1S/C5H14N2O/c1-4(2-6)5(7)3-8/h4-5,8H,2-3,6-7H2,1H3/t4-,5-/m1/s1. The minimum atomic E-state index is -0.153. The summed E-state index contributed by atoms with van der Waals surface area (Å²) in [6.07, 6.45) is 0. The van der Waals surface area contributed by atoms with Crippen LogP contribution < -0.4 is 11.5 Å². The first-order valence-corrected chi connectivity index (χ1v) is 2.78. The van der Waals surface area contributed by atoms with Crippen LogP contribution in [0.1, 0.15) is 6.92 Å². The Balaban J connectivity index is 3.29. The predicted octanol–water partition coefficient (Wildman–Crippen LogP) is -1.10. The summed E-state index contributed by atoms with van der Waals surface area (Å²) >= 11 is 0. The van der Waals surface area contributed by atoms with Crippen LogP contribution in [0.2, 0.25) is 0 Å². The molecule has 0 amide bonds. The fraction of sp³-hybridized carbons (Fsp3) is 1.00. The quantitative estimate of drug-likeness (QED) is 0.440. The van der Waals surface area contributed by atoms with E-state index < -0.39 is 0 Å². The van der Waals surface area contributed by atoms with Crippen molar-refractivity contribution in [1.29, 1.82) is 0 Å². The zero-order valence-electron chi connectivity index (χ0n) is 5.17. The van der Waals surface area contributed by atoms with Crippen LogP contribution in [0.25, 0.3) is 0 Å². The number of rotatable bonds is 3. The average Bonchev–Trinajstić information content (AvgIpc) is 1.84. The summed E-state index contributed by atoms with van der Waals surface area (Å²) in [6.45, 7) is 2.49. The van der Waals surface area contributed by atoms with Gasteiger partial charge in [0.1, 0.15) is 0 Å². The van der Waals surface area contributed by atoms with Crippen LogP contribution >= 0.6 is 0 Å². The molecule has 0 spiro atoms. The molecule has 8 heavy (non-hydrogen) atoms. The third kappa shape index (κ3) is 2.26. The molecule has 2 atom stereocenters. The van der Waals surface area contributed by atoms with Crippen LogP contribution in [0.4, 0.5) is 0 Å². The van der Waals surface area contributed by atoms with Gasteiger partial charge in [0.05, 0.1) is 6.61 Å². The van der Waals surface area contributed by atoms with Crippen LogP contribution in [-0.2, 0) is 0 Å². The Labute approximate surface area is 49.7 Å². The van der Waals surface area contributed by atoms with E-state index in [2.05, 4.69) is 0 Å². The van der Waals surface area contributed by atoms with Crippen molar-refractivity contribution in [1.82, 2.24) is 0 Å². The maximum Gasteiger partial charge on any atom is 0.0585 e. The van der Waals surface area contributed by atoms with E-state index in [-0.39, 0.29) is 18.6 Å². The fourth-order valence-corrected chi connectivity index (χ4v) is 0.355. The highest BCUT2D eigenvalue weighted by Gasteiger charge is 2.07. The Morgan fingerprint density at radius 1 is 1.62 bits per heavy atom. The summed E-state index contributed by atoms with van der Waals surface area (Å²) in [5.41, 5.74) is 10.7. The van der Waals surface area contributed by atoms with Gasteiger partial charge in [0.25, 0.3) is 0 Å². The molecule has 0 aromatic heterocycles. The minimum Gasteiger partial charge on any atom is -0.395 e. The molecule has 0 unspecified atom stereocenters. The summed E-state index contributed by atoms with van der Waals surface area (Å²) in [5.74, 6) is 0.222. The van der Waals surface area contributed by atoms with E-state index in [1.165, 1.54) is 0 Å². The van der Waals surface area contributed by atoms with Crippen molar-refractivity contribution in [3.05, 3.63) is 0 Å². The van der Waals surface area contributed by atoms with Gasteiger partial charge in [-0.25, -0.2) is 0 Å². The molecule has 5 N–H and O–H groups in total. The molecule has 0 aromatic rings. The number of aliphatic hydroxyl groups excluding tert-OH is 1. The molecule has 0 aliphatic carbocycles. The van der Waals surface area contributed by atoms with Crippen molar-refractivity contribution in [2.75, 3.05) is 13.2 Å². The van der Waals surface area contributed by atoms with Gasteiger partial charge in [-0.1, -0.05) is 6.92 Å². The lowest BCUT2D eigenvalue weighted by atomic mass is 10.0. The van der Waals surface area contributed by atoms with E-state index in [1.54, 1.807) is 0 Å². The van der Waals surface area contributed by atoms with Crippen molar-refractivity contribution in [2.24, 2.45) is 17.4 Å². The third-order valence-corrected chi connectivity index (χ3v) is 1.31. The van der Waals surface area contributed by atoms with Gasteiger partial charge in [-0.3, -0.25) is 0 Å². The second-order valence-electron chi connectivity index (χ2n) is 2.06. The van der Waals surface area contributed by atoms with Gasteiger partial charge in [0.2, 0.25) is 0 Å². The molecule has 0 aromatic carbocycles. The Morgan fingerprint density at radius 2 is 2.12 bits per heavy atom. The second kappa shape index (κ2) is 3.83. The number of hydrogen-bond donors (Lipinski definition) is 3. The SMILES string of the molecule is C[C@H](CN)[C@H](N)CO. The van der Waals surface area contributed by atoms with Crippen molar-refractivity contribution >= 4 is 0 Å². The zero-order chi connectivity index (χ0) is 6.57. The maximum absolute atomic E-state index is 8.46. The molecule has 0 rings (SSSR count). The first-order chi connectivity index (χ1) is 3.72. The van der Waals surface area contributed by atoms with Gasteiger partial charge >= 0.3 is 0 Å². The number of hydrogen-bond acceptors (Lipinski definition) is 3. The summed E-state index contributed by atoms with van der Waals surface area (Å²) in [5, 5.41) is 8.46. The minimum absolute atomic E-state index is 0.0262. The smallest absolute Gasteiger partial charge is 0.0585 e. The van der Waals surface area contributed by atoms with E-state index in [0.29, 0.717) is 6.54 Å². The largest absolute Gasteiger partial charge is 0.395 e. The lowest BCUT2D eigenvalue weighted by Crippen LogP contribution is -2.35. The molecule has 0 bridgehead atoms. The van der Waals surface area contributed by atoms with E-state index in [1.807, 2.05) is 6.92 Å². The van der Waals surface area contributed by atoms with Gasteiger partial charge in [0.15, 0.2) is 0 Å². The zero-order valence-corrected chi connectivity index (χ0v) is 5.17. The van der Waals surface area contributed by atoms with E-state index in [0.717, 1.165) is 0 Å². The molecule has 3 nitrogen and oxygen atoms in total. The van der Waals surface area contributed by atoms with E-state index in [4.69, 9.17) is 16.6 Å². The van der Waals surface area contributed by atoms with Gasteiger partial charge < -0.3 is 16.6 Å². The summed E-state index contributed by atoms with van der Waals surface area (Å²) in [4.78, 5) is 0. The van der Waals surface area contributed by atoms with E-state index in [9.17, 15) is 0 Å². The molecule has 0 saturated carbocycles. The lowest BCUT2D eigenvalue weighted by Gasteiger charge is -2.13. The van der Waals surface area contributed by atoms with Crippen LogP contribution in [-0.4, -0.2) is 24.3 Å². The van der Waals surface area contributed by atoms with Crippen LogP contribution in [0.3, 0.4) is 0 Å². The average molecular weight is 118 g/mol. The maximum atomic E-state index is 8.46. The molecule has 0 radical (unpaired) electrons. The van der Waals surface area contributed by atoms with Crippen LogP contribution in [0.5, 0.6) is 0 Å². The Kier molecular flexibility index (Phi) is 3.77. The van der Waals surface area contributed by atoms with Gasteiger partial charge in [-0.15, -0.1) is 0 Å². The predicted molar refractivity (Wildman–Crippen MR) is 33.3 cm³/mol. The molecule has 3 heteroatoms. The summed E-state index contributed by atoms with van der Waals surface area (Å²) in [6, 6.07) is -0.153. The molecular weight excluding hydrogens is 104 g/mol. The number of nitrogens with two attached hydrogens (primary N) is 2. The molecular formula is C5H14N2O. The monoisotopic (exact) mass is 118 g/mol. The summed E-state index contributed by atoms with van der Waals surface area (Å²) in [7, 11) is 0. The van der Waals surface area contributed by atoms with Crippen LogP contribution in [0, 0.1) is 5.92 Å². The Hall–Kier alpha value is -0.120.